The minimum Gasteiger partial charge on any atom is -0.350 e. The molecule has 7 nitrogen and oxygen atoms in total. The minimum absolute atomic E-state index is 0.0331. The van der Waals surface area contributed by atoms with Gasteiger partial charge in [-0.25, -0.2) is 8.42 Å². The first kappa shape index (κ1) is 29.9. The van der Waals surface area contributed by atoms with E-state index in [0.717, 1.165) is 21.7 Å². The highest BCUT2D eigenvalue weighted by Gasteiger charge is 2.29. The van der Waals surface area contributed by atoms with E-state index in [9.17, 15) is 18.0 Å². The molecule has 0 heterocycles. The van der Waals surface area contributed by atoms with Gasteiger partial charge >= 0.3 is 0 Å². The van der Waals surface area contributed by atoms with Crippen LogP contribution in [0, 0.1) is 6.92 Å². The highest BCUT2D eigenvalue weighted by atomic mass is 35.5. The fourth-order valence-electron chi connectivity index (χ4n) is 3.69. The van der Waals surface area contributed by atoms with Gasteiger partial charge in [-0.15, -0.1) is 0 Å². The third-order valence-corrected chi connectivity index (χ3v) is 7.33. The number of amides is 2. The maximum atomic E-state index is 13.4. The van der Waals surface area contributed by atoms with Crippen molar-refractivity contribution in [2.45, 2.75) is 65.6 Å². The van der Waals surface area contributed by atoms with Gasteiger partial charge < -0.3 is 10.2 Å². The van der Waals surface area contributed by atoms with Crippen LogP contribution in [0.5, 0.6) is 0 Å². The molecular weight excluding hydrogens is 521 g/mol. The van der Waals surface area contributed by atoms with E-state index >= 15 is 0 Å². The molecule has 1 atom stereocenters. The second-order valence-corrected chi connectivity index (χ2v) is 12.6. The number of sulfonamides is 1. The van der Waals surface area contributed by atoms with Crippen molar-refractivity contribution in [2.24, 2.45) is 0 Å². The Morgan fingerprint density at radius 2 is 1.72 bits per heavy atom. The third kappa shape index (κ3) is 8.68. The third-order valence-electron chi connectivity index (χ3n) is 5.60. The van der Waals surface area contributed by atoms with Crippen LogP contribution in [0.2, 0.25) is 10.0 Å². The predicted octanol–water partition coefficient (Wildman–Crippen LogP) is 5.18. The Morgan fingerprint density at radius 3 is 2.31 bits per heavy atom. The summed E-state index contributed by atoms with van der Waals surface area (Å²) in [4.78, 5) is 27.9. The van der Waals surface area contributed by atoms with Crippen molar-refractivity contribution in [3.63, 3.8) is 0 Å². The van der Waals surface area contributed by atoms with Crippen LogP contribution in [0.25, 0.3) is 0 Å². The predicted molar refractivity (Wildman–Crippen MR) is 147 cm³/mol. The average Bonchev–Trinajstić information content (AvgIpc) is 2.75. The van der Waals surface area contributed by atoms with Crippen molar-refractivity contribution in [1.29, 1.82) is 0 Å². The fraction of sp³-hybridized carbons (Fsp3) is 0.462. The zero-order valence-corrected chi connectivity index (χ0v) is 24.0. The maximum absolute atomic E-state index is 13.4. The average molecular weight is 557 g/mol. The Bertz CT molecular complexity index is 1200. The highest BCUT2D eigenvalue weighted by Crippen LogP contribution is 2.31. The first-order valence-corrected chi connectivity index (χ1v) is 14.3. The molecule has 0 aliphatic carbocycles. The van der Waals surface area contributed by atoms with Gasteiger partial charge in [-0.3, -0.25) is 13.9 Å². The normalized spacial score (nSPS) is 12.7. The number of anilines is 1. The Morgan fingerprint density at radius 1 is 1.08 bits per heavy atom. The van der Waals surface area contributed by atoms with E-state index in [1.54, 1.807) is 17.9 Å². The lowest BCUT2D eigenvalue weighted by molar-refractivity contribution is -0.141. The lowest BCUT2D eigenvalue weighted by atomic mass is 10.1. The van der Waals surface area contributed by atoms with Crippen molar-refractivity contribution in [3.8, 4) is 0 Å². The van der Waals surface area contributed by atoms with E-state index in [2.05, 4.69) is 5.32 Å². The molecule has 2 aromatic carbocycles. The summed E-state index contributed by atoms with van der Waals surface area (Å²) < 4.78 is 26.1. The number of nitrogens with one attached hydrogen (secondary N) is 1. The van der Waals surface area contributed by atoms with E-state index in [1.165, 1.54) is 12.1 Å². The number of carbonyl (C=O) groups is 2. The van der Waals surface area contributed by atoms with Crippen molar-refractivity contribution in [1.82, 2.24) is 10.2 Å². The molecule has 2 rings (SSSR count). The number of aryl methyl sites for hydroxylation is 1. The van der Waals surface area contributed by atoms with Gasteiger partial charge in [0.1, 0.15) is 6.04 Å². The summed E-state index contributed by atoms with van der Waals surface area (Å²) in [6.45, 7) is 9.59. The zero-order chi connectivity index (χ0) is 27.3. The van der Waals surface area contributed by atoms with Gasteiger partial charge in [0.05, 0.1) is 17.0 Å². The molecule has 0 aromatic heterocycles. The van der Waals surface area contributed by atoms with E-state index in [-0.39, 0.29) is 48.5 Å². The van der Waals surface area contributed by atoms with Gasteiger partial charge in [0.25, 0.3) is 0 Å². The molecule has 0 saturated carbocycles. The summed E-state index contributed by atoms with van der Waals surface area (Å²) in [6, 6.07) is 11.6. The van der Waals surface area contributed by atoms with E-state index in [4.69, 9.17) is 23.2 Å². The van der Waals surface area contributed by atoms with Crippen LogP contribution in [-0.2, 0) is 26.2 Å². The molecule has 0 radical (unpaired) electrons. The lowest BCUT2D eigenvalue weighted by Gasteiger charge is -2.32. The molecule has 2 amide bonds. The van der Waals surface area contributed by atoms with Crippen LogP contribution in [0.4, 0.5) is 5.69 Å². The molecular formula is C26H35Cl2N3O4S. The number of hydrogen-bond acceptors (Lipinski definition) is 4. The van der Waals surface area contributed by atoms with E-state index < -0.39 is 21.6 Å². The van der Waals surface area contributed by atoms with Gasteiger partial charge in [-0.1, -0.05) is 47.5 Å². The Kier molecular flexibility index (Phi) is 10.2. The van der Waals surface area contributed by atoms with Crippen molar-refractivity contribution in [2.75, 3.05) is 17.1 Å². The highest BCUT2D eigenvalue weighted by molar-refractivity contribution is 7.92. The molecule has 0 saturated heterocycles. The molecule has 0 unspecified atom stereocenters. The smallest absolute Gasteiger partial charge is 0.242 e. The molecule has 0 spiro atoms. The summed E-state index contributed by atoms with van der Waals surface area (Å²) in [5, 5.41) is 3.52. The standard InChI is InChI=1S/C26H35Cl2N3O4S/c1-18-10-7-8-11-20(18)17-30(19(2)25(33)29-26(3,4)5)24(32)12-9-15-31(36(6,34)35)23-16-21(27)13-14-22(23)28/h7-8,10-11,13-14,16,19H,9,12,15,17H2,1-6H3,(H,29,33)/t19-/m0/s1. The van der Waals surface area contributed by atoms with Crippen LogP contribution in [0.3, 0.4) is 0 Å². The minimum atomic E-state index is -3.68. The van der Waals surface area contributed by atoms with Crippen molar-refractivity contribution in [3.05, 3.63) is 63.6 Å². The Balaban J connectivity index is 2.24. The van der Waals surface area contributed by atoms with Crippen molar-refractivity contribution >= 4 is 50.7 Å². The van der Waals surface area contributed by atoms with Crippen LogP contribution < -0.4 is 9.62 Å². The number of benzene rings is 2. The molecule has 10 heteroatoms. The van der Waals surface area contributed by atoms with Gasteiger partial charge in [0, 0.05) is 30.1 Å². The van der Waals surface area contributed by atoms with Gasteiger partial charge in [0.15, 0.2) is 0 Å². The lowest BCUT2D eigenvalue weighted by Crippen LogP contribution is -2.52. The zero-order valence-electron chi connectivity index (χ0n) is 21.6. The fourth-order valence-corrected chi connectivity index (χ4v) is 5.09. The van der Waals surface area contributed by atoms with Crippen molar-refractivity contribution < 1.29 is 18.0 Å². The molecule has 2 aromatic rings. The van der Waals surface area contributed by atoms with E-state index in [0.29, 0.717) is 5.02 Å². The second-order valence-electron chi connectivity index (χ2n) is 9.90. The number of hydrogen-bond donors (Lipinski definition) is 1. The molecule has 0 fully saturated rings. The number of rotatable bonds is 10. The number of carbonyl (C=O) groups excluding carboxylic acids is 2. The summed E-state index contributed by atoms with van der Waals surface area (Å²) in [7, 11) is -3.68. The molecule has 1 N–H and O–H groups in total. The first-order valence-electron chi connectivity index (χ1n) is 11.7. The second kappa shape index (κ2) is 12.3. The maximum Gasteiger partial charge on any atom is 0.242 e. The quantitative estimate of drug-likeness (QED) is 0.437. The summed E-state index contributed by atoms with van der Waals surface area (Å²) in [5.74, 6) is -0.506. The summed E-state index contributed by atoms with van der Waals surface area (Å²) in [5.41, 5.74) is 1.76. The molecule has 198 valence electrons. The summed E-state index contributed by atoms with van der Waals surface area (Å²) >= 11 is 12.3. The molecule has 36 heavy (non-hydrogen) atoms. The topological polar surface area (TPSA) is 86.8 Å². The number of halogens is 2. The Labute approximate surface area is 224 Å². The van der Waals surface area contributed by atoms with Crippen LogP contribution >= 0.6 is 23.2 Å². The van der Waals surface area contributed by atoms with Crippen LogP contribution in [-0.4, -0.2) is 49.5 Å². The monoisotopic (exact) mass is 555 g/mol. The van der Waals surface area contributed by atoms with Gasteiger partial charge in [-0.05, 0) is 70.4 Å². The first-order chi connectivity index (χ1) is 16.6. The molecule has 0 bridgehead atoms. The molecule has 0 aliphatic heterocycles. The van der Waals surface area contributed by atoms with Gasteiger partial charge in [-0.2, -0.15) is 0 Å². The number of nitrogens with zero attached hydrogens (tertiary/aromatic N) is 2. The largest absolute Gasteiger partial charge is 0.350 e. The molecule has 0 aliphatic rings. The Hall–Kier alpha value is -2.29. The van der Waals surface area contributed by atoms with Crippen LogP contribution in [0.15, 0.2) is 42.5 Å². The van der Waals surface area contributed by atoms with E-state index in [1.807, 2.05) is 52.0 Å². The SMILES string of the molecule is Cc1ccccc1CN(C(=O)CCCN(c1cc(Cl)ccc1Cl)S(C)(=O)=O)[C@@H](C)C(=O)NC(C)(C)C. The van der Waals surface area contributed by atoms with Crippen LogP contribution in [0.1, 0.15) is 51.7 Å². The summed E-state index contributed by atoms with van der Waals surface area (Å²) in [6.07, 6.45) is 1.35. The van der Waals surface area contributed by atoms with Gasteiger partial charge in [0.2, 0.25) is 21.8 Å².